The first-order valence-electron chi connectivity index (χ1n) is 5.97. The molecule has 1 atom stereocenters. The summed E-state index contributed by atoms with van der Waals surface area (Å²) in [7, 11) is 1.61. The van der Waals surface area contributed by atoms with Crippen molar-refractivity contribution < 1.29 is 14.9 Å². The summed E-state index contributed by atoms with van der Waals surface area (Å²) < 4.78 is 5.23. The van der Waals surface area contributed by atoms with Crippen LogP contribution in [0.1, 0.15) is 12.0 Å². The summed E-state index contributed by atoms with van der Waals surface area (Å²) in [4.78, 5) is 16.5. The molecule has 2 heterocycles. The van der Waals surface area contributed by atoms with Gasteiger partial charge in [-0.2, -0.15) is 0 Å². The number of oxime groups is 1. The van der Waals surface area contributed by atoms with E-state index in [1.54, 1.807) is 12.0 Å². The second-order valence-corrected chi connectivity index (χ2v) is 4.40. The first-order valence-corrected chi connectivity index (χ1v) is 5.97. The lowest BCUT2D eigenvalue weighted by Crippen LogP contribution is -2.24. The molecule has 9 heteroatoms. The standard InChI is InChI=1S/C11H15N5O4/c1-20-8-2-3-15(6-8)11-9(16(18)19)4-7(5-13-11)10(12)14-17/h4-5,8,17H,2-3,6H2,1H3,(H2,12,14). The monoisotopic (exact) mass is 281 g/mol. The summed E-state index contributed by atoms with van der Waals surface area (Å²) in [6.45, 7) is 1.18. The molecule has 108 valence electrons. The number of nitrogens with two attached hydrogens (primary N) is 1. The molecule has 1 fully saturated rings. The van der Waals surface area contributed by atoms with Gasteiger partial charge in [0.2, 0.25) is 5.82 Å². The third-order valence-corrected chi connectivity index (χ3v) is 3.23. The molecule has 0 radical (unpaired) electrons. The van der Waals surface area contributed by atoms with Gasteiger partial charge in [-0.15, -0.1) is 0 Å². The van der Waals surface area contributed by atoms with E-state index in [1.807, 2.05) is 0 Å². The van der Waals surface area contributed by atoms with Gasteiger partial charge in [-0.3, -0.25) is 10.1 Å². The van der Waals surface area contributed by atoms with Gasteiger partial charge in [-0.05, 0) is 6.42 Å². The second-order valence-electron chi connectivity index (χ2n) is 4.40. The number of nitro groups is 1. The van der Waals surface area contributed by atoms with Crippen molar-refractivity contribution in [3.05, 3.63) is 27.9 Å². The predicted molar refractivity (Wildman–Crippen MR) is 71.0 cm³/mol. The Kier molecular flexibility index (Phi) is 3.99. The molecule has 0 saturated carbocycles. The molecule has 0 spiro atoms. The maximum absolute atomic E-state index is 11.2. The van der Waals surface area contributed by atoms with Crippen molar-refractivity contribution in [3.8, 4) is 0 Å². The van der Waals surface area contributed by atoms with Gasteiger partial charge in [0.05, 0.1) is 11.0 Å². The average Bonchev–Trinajstić information content (AvgIpc) is 2.94. The Balaban J connectivity index is 2.36. The highest BCUT2D eigenvalue weighted by Gasteiger charge is 2.29. The molecule has 0 amide bonds. The van der Waals surface area contributed by atoms with Crippen molar-refractivity contribution in [2.75, 3.05) is 25.1 Å². The number of amidine groups is 1. The third kappa shape index (κ3) is 2.62. The average molecular weight is 281 g/mol. The zero-order valence-corrected chi connectivity index (χ0v) is 10.9. The second kappa shape index (κ2) is 5.70. The van der Waals surface area contributed by atoms with E-state index in [1.165, 1.54) is 12.3 Å². The molecule has 9 nitrogen and oxygen atoms in total. The predicted octanol–water partition coefficient (Wildman–Crippen LogP) is 0.309. The van der Waals surface area contributed by atoms with Crippen molar-refractivity contribution in [3.63, 3.8) is 0 Å². The van der Waals surface area contributed by atoms with Crippen LogP contribution in [0.5, 0.6) is 0 Å². The van der Waals surface area contributed by atoms with Crippen LogP contribution in [0.15, 0.2) is 17.4 Å². The van der Waals surface area contributed by atoms with Gasteiger partial charge >= 0.3 is 5.69 Å². The summed E-state index contributed by atoms with van der Waals surface area (Å²) >= 11 is 0. The van der Waals surface area contributed by atoms with Crippen LogP contribution in [0.4, 0.5) is 11.5 Å². The van der Waals surface area contributed by atoms with Crippen molar-refractivity contribution in [2.24, 2.45) is 10.9 Å². The SMILES string of the molecule is COC1CCN(c2ncc(C(N)=NO)cc2[N+](=O)[O-])C1. The smallest absolute Gasteiger partial charge is 0.312 e. The normalized spacial score (nSPS) is 19.4. The van der Waals surface area contributed by atoms with Gasteiger partial charge in [0, 0.05) is 38.0 Å². The fourth-order valence-electron chi connectivity index (χ4n) is 2.13. The zero-order chi connectivity index (χ0) is 14.7. The Labute approximate surface area is 114 Å². The van der Waals surface area contributed by atoms with E-state index in [-0.39, 0.29) is 29.0 Å². The number of hydrogen-bond acceptors (Lipinski definition) is 7. The van der Waals surface area contributed by atoms with E-state index in [9.17, 15) is 10.1 Å². The number of nitrogens with zero attached hydrogens (tertiary/aromatic N) is 4. The van der Waals surface area contributed by atoms with Crippen LogP contribution >= 0.6 is 0 Å². The summed E-state index contributed by atoms with van der Waals surface area (Å²) in [5.41, 5.74) is 5.44. The summed E-state index contributed by atoms with van der Waals surface area (Å²) in [6.07, 6.45) is 2.18. The molecule has 1 aliphatic heterocycles. The van der Waals surface area contributed by atoms with Gasteiger partial charge in [0.25, 0.3) is 0 Å². The van der Waals surface area contributed by atoms with Crippen LogP contribution in [-0.2, 0) is 4.74 Å². The molecular weight excluding hydrogens is 266 g/mol. The molecule has 0 bridgehead atoms. The van der Waals surface area contributed by atoms with Crippen LogP contribution in [-0.4, -0.2) is 47.3 Å². The number of ether oxygens (including phenoxy) is 1. The highest BCUT2D eigenvalue weighted by molar-refractivity contribution is 5.97. The molecule has 1 saturated heterocycles. The number of anilines is 1. The maximum atomic E-state index is 11.2. The van der Waals surface area contributed by atoms with E-state index in [2.05, 4.69) is 10.1 Å². The Morgan fingerprint density at radius 3 is 3.05 bits per heavy atom. The molecule has 0 aliphatic carbocycles. The lowest BCUT2D eigenvalue weighted by molar-refractivity contribution is -0.384. The van der Waals surface area contributed by atoms with E-state index >= 15 is 0 Å². The van der Waals surface area contributed by atoms with Gasteiger partial charge in [0.15, 0.2) is 5.84 Å². The van der Waals surface area contributed by atoms with Gasteiger partial charge < -0.3 is 20.6 Å². The molecule has 1 unspecified atom stereocenters. The van der Waals surface area contributed by atoms with Crippen LogP contribution < -0.4 is 10.6 Å². The van der Waals surface area contributed by atoms with Crippen molar-refractivity contribution >= 4 is 17.3 Å². The summed E-state index contributed by atoms with van der Waals surface area (Å²) in [6, 6.07) is 1.25. The molecule has 2 rings (SSSR count). The molecule has 20 heavy (non-hydrogen) atoms. The first kappa shape index (κ1) is 14.0. The van der Waals surface area contributed by atoms with Gasteiger partial charge in [-0.25, -0.2) is 4.98 Å². The summed E-state index contributed by atoms with van der Waals surface area (Å²) in [5, 5.41) is 22.6. The largest absolute Gasteiger partial charge is 0.409 e. The third-order valence-electron chi connectivity index (χ3n) is 3.23. The Morgan fingerprint density at radius 2 is 2.50 bits per heavy atom. The fourth-order valence-corrected chi connectivity index (χ4v) is 2.13. The number of methoxy groups -OCH3 is 1. The first-order chi connectivity index (χ1) is 9.56. The molecule has 1 aromatic rings. The number of hydrogen-bond donors (Lipinski definition) is 2. The van der Waals surface area contributed by atoms with Crippen LogP contribution in [0.25, 0.3) is 0 Å². The van der Waals surface area contributed by atoms with E-state index in [4.69, 9.17) is 15.7 Å². The number of aromatic nitrogens is 1. The van der Waals surface area contributed by atoms with Gasteiger partial charge in [-0.1, -0.05) is 5.16 Å². The fraction of sp³-hybridized carbons (Fsp3) is 0.455. The minimum atomic E-state index is -0.531. The molecule has 0 aromatic carbocycles. The Bertz CT molecular complexity index is 548. The highest BCUT2D eigenvalue weighted by atomic mass is 16.6. The lowest BCUT2D eigenvalue weighted by atomic mass is 10.2. The van der Waals surface area contributed by atoms with Crippen molar-refractivity contribution in [1.29, 1.82) is 0 Å². The van der Waals surface area contributed by atoms with Crippen molar-refractivity contribution in [2.45, 2.75) is 12.5 Å². The van der Waals surface area contributed by atoms with E-state index in [0.717, 1.165) is 6.42 Å². The molecular formula is C11H15N5O4. The minimum Gasteiger partial charge on any atom is -0.409 e. The van der Waals surface area contributed by atoms with E-state index < -0.39 is 4.92 Å². The quantitative estimate of drug-likeness (QED) is 0.267. The topological polar surface area (TPSA) is 127 Å². The Morgan fingerprint density at radius 1 is 1.75 bits per heavy atom. The van der Waals surface area contributed by atoms with Crippen LogP contribution in [0.3, 0.4) is 0 Å². The molecule has 1 aromatic heterocycles. The molecule has 3 N–H and O–H groups in total. The lowest BCUT2D eigenvalue weighted by Gasteiger charge is -2.17. The van der Waals surface area contributed by atoms with Crippen LogP contribution in [0.2, 0.25) is 0 Å². The van der Waals surface area contributed by atoms with Crippen molar-refractivity contribution in [1.82, 2.24) is 4.98 Å². The highest BCUT2D eigenvalue weighted by Crippen LogP contribution is 2.29. The number of pyridine rings is 1. The zero-order valence-electron chi connectivity index (χ0n) is 10.9. The van der Waals surface area contributed by atoms with Crippen LogP contribution in [0, 0.1) is 10.1 Å². The maximum Gasteiger partial charge on any atom is 0.312 e. The van der Waals surface area contributed by atoms with Gasteiger partial charge in [0.1, 0.15) is 0 Å². The van der Waals surface area contributed by atoms with E-state index in [0.29, 0.717) is 13.1 Å². The summed E-state index contributed by atoms with van der Waals surface area (Å²) in [5.74, 6) is 0.0485. The minimum absolute atomic E-state index is 0.0418. The Hall–Kier alpha value is -2.42. The molecule has 1 aliphatic rings. The number of rotatable bonds is 4.